The van der Waals surface area contributed by atoms with Gasteiger partial charge in [-0.05, 0) is 19.1 Å². The third-order valence-electron chi connectivity index (χ3n) is 4.73. The number of nitrogens with two attached hydrogens (primary N) is 1. The first-order chi connectivity index (χ1) is 13.4. The lowest BCUT2D eigenvalue weighted by molar-refractivity contribution is -0.129. The zero-order chi connectivity index (χ0) is 20.3. The van der Waals surface area contributed by atoms with E-state index in [1.165, 1.54) is 6.20 Å². The maximum Gasteiger partial charge on any atom is 0.254 e. The van der Waals surface area contributed by atoms with Gasteiger partial charge in [0.15, 0.2) is 0 Å². The fraction of sp³-hybridized carbons (Fsp3) is 0.368. The lowest BCUT2D eigenvalue weighted by Gasteiger charge is -2.39. The Morgan fingerprint density at radius 1 is 1.29 bits per heavy atom. The predicted molar refractivity (Wildman–Crippen MR) is 106 cm³/mol. The van der Waals surface area contributed by atoms with Crippen LogP contribution in [0, 0.1) is 0 Å². The van der Waals surface area contributed by atoms with Gasteiger partial charge in [0.1, 0.15) is 17.1 Å². The van der Waals surface area contributed by atoms with Gasteiger partial charge in [-0.25, -0.2) is 4.98 Å². The second-order valence-corrected chi connectivity index (χ2v) is 6.63. The van der Waals surface area contributed by atoms with Crippen molar-refractivity contribution in [2.24, 2.45) is 5.73 Å². The quantitative estimate of drug-likeness (QED) is 0.800. The Hall–Kier alpha value is -3.36. The molecule has 2 aromatic rings. The van der Waals surface area contributed by atoms with Crippen molar-refractivity contribution in [3.63, 3.8) is 0 Å². The summed E-state index contributed by atoms with van der Waals surface area (Å²) in [5.74, 6) is 0.816. The van der Waals surface area contributed by atoms with Crippen LogP contribution in [0.2, 0.25) is 0 Å². The van der Waals surface area contributed by atoms with Crippen molar-refractivity contribution in [1.29, 1.82) is 0 Å². The van der Waals surface area contributed by atoms with E-state index in [2.05, 4.69) is 15.3 Å². The fourth-order valence-electron chi connectivity index (χ4n) is 3.20. The number of methoxy groups -OCH3 is 1. The number of aromatic nitrogens is 2. The van der Waals surface area contributed by atoms with Crippen LogP contribution in [-0.2, 0) is 4.79 Å². The molecule has 9 heteroatoms. The van der Waals surface area contributed by atoms with E-state index < -0.39 is 5.91 Å². The molecule has 2 heterocycles. The largest absolute Gasteiger partial charge is 0.495 e. The standard InChI is InChI=1S/C19H24N6O3/c1-12-11-24(13(2)26)8-9-25(12)19-21-10-14(17(20)27)18(23-19)22-15-6-4-5-7-16(15)28-3/h4-7,10,12H,8-9,11H2,1-3H3,(H2,20,27)(H,21,22,23). The summed E-state index contributed by atoms with van der Waals surface area (Å²) in [5.41, 5.74) is 6.34. The van der Waals surface area contributed by atoms with E-state index in [4.69, 9.17) is 10.5 Å². The number of para-hydroxylation sites is 2. The Bertz CT molecular complexity index is 888. The summed E-state index contributed by atoms with van der Waals surface area (Å²) in [4.78, 5) is 36.2. The highest BCUT2D eigenvalue weighted by atomic mass is 16.5. The second-order valence-electron chi connectivity index (χ2n) is 6.63. The molecule has 0 bridgehead atoms. The van der Waals surface area contributed by atoms with Crippen LogP contribution in [0.15, 0.2) is 30.5 Å². The number of piperazine rings is 1. The lowest BCUT2D eigenvalue weighted by atomic mass is 10.2. The van der Waals surface area contributed by atoms with Crippen LogP contribution < -0.4 is 20.7 Å². The minimum atomic E-state index is -0.626. The topological polar surface area (TPSA) is 114 Å². The number of hydrogen-bond donors (Lipinski definition) is 2. The minimum absolute atomic E-state index is 0.0381. The van der Waals surface area contributed by atoms with Gasteiger partial charge in [-0.3, -0.25) is 9.59 Å². The summed E-state index contributed by atoms with van der Waals surface area (Å²) in [6.07, 6.45) is 1.42. The zero-order valence-corrected chi connectivity index (χ0v) is 16.2. The number of primary amides is 1. The van der Waals surface area contributed by atoms with Crippen LogP contribution in [-0.4, -0.2) is 59.5 Å². The summed E-state index contributed by atoms with van der Waals surface area (Å²) >= 11 is 0. The number of anilines is 3. The smallest absolute Gasteiger partial charge is 0.254 e. The summed E-state index contributed by atoms with van der Waals surface area (Å²) in [6, 6.07) is 7.36. The van der Waals surface area contributed by atoms with Crippen LogP contribution in [0.3, 0.4) is 0 Å². The monoisotopic (exact) mass is 384 g/mol. The van der Waals surface area contributed by atoms with Crippen molar-refractivity contribution in [3.8, 4) is 5.75 Å². The van der Waals surface area contributed by atoms with Crippen LogP contribution in [0.4, 0.5) is 17.5 Å². The van der Waals surface area contributed by atoms with Gasteiger partial charge in [0.2, 0.25) is 11.9 Å². The molecule has 1 aromatic heterocycles. The molecule has 148 valence electrons. The second kappa shape index (κ2) is 8.12. The first-order valence-corrected chi connectivity index (χ1v) is 8.99. The third kappa shape index (κ3) is 3.98. The number of benzene rings is 1. The molecule has 1 aliphatic heterocycles. The molecule has 0 aliphatic carbocycles. The summed E-state index contributed by atoms with van der Waals surface area (Å²) in [6.45, 7) is 5.36. The van der Waals surface area contributed by atoms with Crippen molar-refractivity contribution in [3.05, 3.63) is 36.0 Å². The number of hydrogen-bond acceptors (Lipinski definition) is 7. The Balaban J connectivity index is 1.92. The average molecular weight is 384 g/mol. The van der Waals surface area contributed by atoms with Crippen molar-refractivity contribution >= 4 is 29.3 Å². The Morgan fingerprint density at radius 2 is 2.04 bits per heavy atom. The van der Waals surface area contributed by atoms with Crippen molar-refractivity contribution in [1.82, 2.24) is 14.9 Å². The van der Waals surface area contributed by atoms with E-state index in [0.29, 0.717) is 42.8 Å². The Labute approximate surface area is 163 Å². The molecular weight excluding hydrogens is 360 g/mol. The molecule has 1 unspecified atom stereocenters. The van der Waals surface area contributed by atoms with E-state index >= 15 is 0 Å². The lowest BCUT2D eigenvalue weighted by Crippen LogP contribution is -2.53. The Kier molecular flexibility index (Phi) is 5.62. The van der Waals surface area contributed by atoms with Crippen molar-refractivity contribution in [2.45, 2.75) is 19.9 Å². The van der Waals surface area contributed by atoms with E-state index in [-0.39, 0.29) is 17.5 Å². The highest BCUT2D eigenvalue weighted by Crippen LogP contribution is 2.29. The zero-order valence-electron chi connectivity index (χ0n) is 16.2. The number of carbonyl (C=O) groups is 2. The molecular formula is C19H24N6O3. The van der Waals surface area contributed by atoms with Crippen molar-refractivity contribution in [2.75, 3.05) is 37.0 Å². The number of ether oxygens (including phenoxy) is 1. The molecule has 0 spiro atoms. The van der Waals surface area contributed by atoms with Gasteiger partial charge in [0.25, 0.3) is 5.91 Å². The molecule has 9 nitrogen and oxygen atoms in total. The number of rotatable bonds is 5. The SMILES string of the molecule is COc1ccccc1Nc1nc(N2CCN(C(C)=O)CC2C)ncc1C(N)=O. The van der Waals surface area contributed by atoms with Crippen LogP contribution in [0.5, 0.6) is 5.75 Å². The van der Waals surface area contributed by atoms with Crippen LogP contribution in [0.25, 0.3) is 0 Å². The summed E-state index contributed by atoms with van der Waals surface area (Å²) in [5, 5.41) is 3.13. The number of amides is 2. The molecule has 2 amide bonds. The maximum absolute atomic E-state index is 11.8. The highest BCUT2D eigenvalue weighted by molar-refractivity contribution is 5.98. The number of carbonyl (C=O) groups excluding carboxylic acids is 2. The first kappa shape index (κ1) is 19.4. The average Bonchev–Trinajstić information content (AvgIpc) is 2.68. The van der Waals surface area contributed by atoms with Gasteiger partial charge >= 0.3 is 0 Å². The van der Waals surface area contributed by atoms with Crippen molar-refractivity contribution < 1.29 is 14.3 Å². The Morgan fingerprint density at radius 3 is 2.68 bits per heavy atom. The molecule has 28 heavy (non-hydrogen) atoms. The van der Waals surface area contributed by atoms with Crippen LogP contribution in [0.1, 0.15) is 24.2 Å². The van der Waals surface area contributed by atoms with E-state index in [9.17, 15) is 9.59 Å². The summed E-state index contributed by atoms with van der Waals surface area (Å²) < 4.78 is 5.35. The molecule has 3 N–H and O–H groups in total. The molecule has 1 fully saturated rings. The predicted octanol–water partition coefficient (Wildman–Crippen LogP) is 1.38. The number of nitrogens with one attached hydrogen (secondary N) is 1. The number of nitrogens with zero attached hydrogens (tertiary/aromatic N) is 4. The molecule has 1 aliphatic rings. The normalized spacial score (nSPS) is 16.6. The van der Waals surface area contributed by atoms with Gasteiger partial charge in [0, 0.05) is 38.8 Å². The van der Waals surface area contributed by atoms with E-state index in [1.807, 2.05) is 30.0 Å². The molecule has 1 aromatic carbocycles. The van der Waals surface area contributed by atoms with Gasteiger partial charge < -0.3 is 25.6 Å². The maximum atomic E-state index is 11.8. The molecule has 1 saturated heterocycles. The molecule has 3 rings (SSSR count). The minimum Gasteiger partial charge on any atom is -0.495 e. The van der Waals surface area contributed by atoms with Gasteiger partial charge in [0.05, 0.1) is 12.8 Å². The molecule has 0 saturated carbocycles. The fourth-order valence-corrected chi connectivity index (χ4v) is 3.20. The molecule has 1 atom stereocenters. The first-order valence-electron chi connectivity index (χ1n) is 8.99. The summed E-state index contributed by atoms with van der Waals surface area (Å²) in [7, 11) is 1.57. The van der Waals surface area contributed by atoms with Crippen LogP contribution >= 0.6 is 0 Å². The van der Waals surface area contributed by atoms with Gasteiger partial charge in [-0.1, -0.05) is 12.1 Å². The molecule has 0 radical (unpaired) electrons. The van der Waals surface area contributed by atoms with Gasteiger partial charge in [-0.15, -0.1) is 0 Å². The van der Waals surface area contributed by atoms with E-state index in [1.54, 1.807) is 25.0 Å². The van der Waals surface area contributed by atoms with E-state index in [0.717, 1.165) is 0 Å². The highest BCUT2D eigenvalue weighted by Gasteiger charge is 2.27. The third-order valence-corrected chi connectivity index (χ3v) is 4.73. The van der Waals surface area contributed by atoms with Gasteiger partial charge in [-0.2, -0.15) is 4.98 Å².